The topological polar surface area (TPSA) is 77.4 Å². The highest BCUT2D eigenvalue weighted by Gasteiger charge is 2.21. The van der Waals surface area contributed by atoms with Crippen molar-refractivity contribution in [3.05, 3.63) is 75.6 Å². The van der Waals surface area contributed by atoms with E-state index in [4.69, 9.17) is 4.74 Å². The lowest BCUT2D eigenvalue weighted by molar-refractivity contribution is 0.0535. The second-order valence-corrected chi connectivity index (χ2v) is 5.87. The standard InChI is InChI=1S/C19H14N2O4/c1-21-16-5-3-2-4-14(16)15(9-17(21)22)18(23)20-12-6-7-13-11(8-12)10-25-19(13)24/h2-9H,10H2,1H3,(H,20,23). The van der Waals surface area contributed by atoms with Crippen molar-refractivity contribution in [2.75, 3.05) is 5.32 Å². The largest absolute Gasteiger partial charge is 0.457 e. The van der Waals surface area contributed by atoms with Crippen molar-refractivity contribution in [2.24, 2.45) is 7.05 Å². The van der Waals surface area contributed by atoms with Gasteiger partial charge in [-0.25, -0.2) is 4.79 Å². The Bertz CT molecular complexity index is 1100. The van der Waals surface area contributed by atoms with Crippen LogP contribution < -0.4 is 10.9 Å². The van der Waals surface area contributed by atoms with Gasteiger partial charge in [0.05, 0.1) is 16.6 Å². The lowest BCUT2D eigenvalue weighted by Crippen LogP contribution is -2.21. The highest BCUT2D eigenvalue weighted by Crippen LogP contribution is 2.24. The van der Waals surface area contributed by atoms with E-state index >= 15 is 0 Å². The first-order chi connectivity index (χ1) is 12.0. The first-order valence-electron chi connectivity index (χ1n) is 7.75. The molecule has 6 nitrogen and oxygen atoms in total. The molecule has 0 bridgehead atoms. The van der Waals surface area contributed by atoms with Crippen molar-refractivity contribution in [2.45, 2.75) is 6.61 Å². The number of carbonyl (C=O) groups excluding carboxylic acids is 2. The first kappa shape index (κ1) is 15.1. The number of anilines is 1. The van der Waals surface area contributed by atoms with Gasteiger partial charge in [-0.1, -0.05) is 18.2 Å². The molecule has 1 amide bonds. The van der Waals surface area contributed by atoms with Gasteiger partial charge in [-0.05, 0) is 24.3 Å². The Hall–Kier alpha value is -3.41. The number of nitrogens with one attached hydrogen (secondary N) is 1. The Morgan fingerprint density at radius 2 is 1.92 bits per heavy atom. The molecular formula is C19H14N2O4. The number of amides is 1. The molecule has 1 aliphatic rings. The molecule has 2 aromatic carbocycles. The van der Waals surface area contributed by atoms with Gasteiger partial charge < -0.3 is 14.6 Å². The molecule has 0 saturated heterocycles. The molecule has 6 heteroatoms. The molecule has 0 fully saturated rings. The first-order valence-corrected chi connectivity index (χ1v) is 7.75. The van der Waals surface area contributed by atoms with Crippen LogP contribution in [-0.4, -0.2) is 16.4 Å². The zero-order valence-corrected chi connectivity index (χ0v) is 13.4. The molecule has 25 heavy (non-hydrogen) atoms. The van der Waals surface area contributed by atoms with Crippen LogP contribution in [0.3, 0.4) is 0 Å². The van der Waals surface area contributed by atoms with Gasteiger partial charge in [0.2, 0.25) is 0 Å². The maximum Gasteiger partial charge on any atom is 0.338 e. The third kappa shape index (κ3) is 2.48. The van der Waals surface area contributed by atoms with Crippen LogP contribution in [0.4, 0.5) is 5.69 Å². The fourth-order valence-electron chi connectivity index (χ4n) is 3.01. The van der Waals surface area contributed by atoms with E-state index in [9.17, 15) is 14.4 Å². The maximum atomic E-state index is 12.7. The molecule has 4 rings (SSSR count). The Labute approximate surface area is 142 Å². The summed E-state index contributed by atoms with van der Waals surface area (Å²) in [5, 5.41) is 3.48. The van der Waals surface area contributed by atoms with Gasteiger partial charge in [0.15, 0.2) is 0 Å². The quantitative estimate of drug-likeness (QED) is 0.730. The van der Waals surface area contributed by atoms with E-state index in [2.05, 4.69) is 5.32 Å². The van der Waals surface area contributed by atoms with E-state index in [0.29, 0.717) is 27.7 Å². The van der Waals surface area contributed by atoms with E-state index in [1.807, 2.05) is 12.1 Å². The Morgan fingerprint density at radius 3 is 2.76 bits per heavy atom. The van der Waals surface area contributed by atoms with Crippen molar-refractivity contribution < 1.29 is 14.3 Å². The normalized spacial score (nSPS) is 12.8. The molecule has 124 valence electrons. The minimum Gasteiger partial charge on any atom is -0.457 e. The van der Waals surface area contributed by atoms with E-state index < -0.39 is 0 Å². The van der Waals surface area contributed by atoms with Crippen LogP contribution in [0, 0.1) is 0 Å². The number of para-hydroxylation sites is 1. The summed E-state index contributed by atoms with van der Waals surface area (Å²) in [5.74, 6) is -0.732. The second-order valence-electron chi connectivity index (χ2n) is 5.87. The predicted octanol–water partition coefficient (Wildman–Crippen LogP) is 2.46. The van der Waals surface area contributed by atoms with Crippen molar-refractivity contribution in [3.63, 3.8) is 0 Å². The molecule has 0 aliphatic carbocycles. The Morgan fingerprint density at radius 1 is 1.12 bits per heavy atom. The second kappa shape index (κ2) is 5.59. The molecule has 3 aromatic rings. The third-order valence-corrected chi connectivity index (χ3v) is 4.34. The van der Waals surface area contributed by atoms with Crippen LogP contribution >= 0.6 is 0 Å². The number of aryl methyl sites for hydroxylation is 1. The molecule has 0 radical (unpaired) electrons. The molecular weight excluding hydrogens is 320 g/mol. The number of carbonyl (C=O) groups is 2. The fraction of sp³-hybridized carbons (Fsp3) is 0.105. The average molecular weight is 334 g/mol. The minimum absolute atomic E-state index is 0.201. The van der Waals surface area contributed by atoms with Crippen LogP contribution in [0.25, 0.3) is 10.9 Å². The van der Waals surface area contributed by atoms with Crippen molar-refractivity contribution in [3.8, 4) is 0 Å². The van der Waals surface area contributed by atoms with Crippen molar-refractivity contribution in [1.82, 2.24) is 4.57 Å². The summed E-state index contributed by atoms with van der Waals surface area (Å²) in [7, 11) is 1.67. The average Bonchev–Trinajstić information content (AvgIpc) is 2.98. The molecule has 1 aromatic heterocycles. The van der Waals surface area contributed by atoms with Gasteiger partial charge >= 0.3 is 5.97 Å². The molecule has 0 atom stereocenters. The zero-order chi connectivity index (χ0) is 17.6. The van der Waals surface area contributed by atoms with E-state index in [-0.39, 0.29) is 24.0 Å². The molecule has 0 saturated carbocycles. The highest BCUT2D eigenvalue weighted by atomic mass is 16.5. The van der Waals surface area contributed by atoms with E-state index in [1.54, 1.807) is 37.4 Å². The number of benzene rings is 2. The fourth-order valence-corrected chi connectivity index (χ4v) is 3.01. The van der Waals surface area contributed by atoms with Crippen molar-refractivity contribution in [1.29, 1.82) is 0 Å². The van der Waals surface area contributed by atoms with Gasteiger partial charge in [-0.3, -0.25) is 9.59 Å². The summed E-state index contributed by atoms with van der Waals surface area (Å²) in [6.45, 7) is 0.201. The van der Waals surface area contributed by atoms with Gasteiger partial charge in [-0.15, -0.1) is 0 Å². The molecule has 0 unspecified atom stereocenters. The number of aromatic nitrogens is 1. The monoisotopic (exact) mass is 334 g/mol. The Balaban J connectivity index is 1.73. The number of esters is 1. The molecule has 2 heterocycles. The van der Waals surface area contributed by atoms with Crippen LogP contribution in [0.5, 0.6) is 0 Å². The number of ether oxygens (including phenoxy) is 1. The summed E-state index contributed by atoms with van der Waals surface area (Å²) < 4.78 is 6.46. The number of fused-ring (bicyclic) bond motifs is 2. The lowest BCUT2D eigenvalue weighted by Gasteiger charge is -2.11. The number of cyclic esters (lactones) is 1. The summed E-state index contributed by atoms with van der Waals surface area (Å²) >= 11 is 0. The van der Waals surface area contributed by atoms with Gasteiger partial charge in [0, 0.05) is 29.8 Å². The van der Waals surface area contributed by atoms with E-state index in [1.165, 1.54) is 10.6 Å². The molecule has 1 N–H and O–H groups in total. The third-order valence-electron chi connectivity index (χ3n) is 4.34. The predicted molar refractivity (Wildman–Crippen MR) is 92.7 cm³/mol. The number of rotatable bonds is 2. The summed E-state index contributed by atoms with van der Waals surface area (Å²) in [5.41, 5.74) is 2.54. The molecule has 1 aliphatic heterocycles. The summed E-state index contributed by atoms with van der Waals surface area (Å²) in [6, 6.07) is 13.6. The minimum atomic E-state index is -0.376. The van der Waals surface area contributed by atoms with Crippen molar-refractivity contribution >= 4 is 28.5 Å². The molecule has 0 spiro atoms. The lowest BCUT2D eigenvalue weighted by atomic mass is 10.1. The summed E-state index contributed by atoms with van der Waals surface area (Å²) in [4.78, 5) is 36.3. The Kier molecular flexibility index (Phi) is 3.39. The smallest absolute Gasteiger partial charge is 0.338 e. The van der Waals surface area contributed by atoms with Crippen LogP contribution in [0.15, 0.2) is 53.3 Å². The van der Waals surface area contributed by atoms with Crippen LogP contribution in [0.2, 0.25) is 0 Å². The SMILES string of the molecule is Cn1c(=O)cc(C(=O)Nc2ccc3c(c2)COC3=O)c2ccccc21. The van der Waals surface area contributed by atoms with Gasteiger partial charge in [0.25, 0.3) is 11.5 Å². The number of hydrogen-bond acceptors (Lipinski definition) is 4. The van der Waals surface area contributed by atoms with Gasteiger partial charge in [0.1, 0.15) is 6.61 Å². The number of nitrogens with zero attached hydrogens (tertiary/aromatic N) is 1. The van der Waals surface area contributed by atoms with Gasteiger partial charge in [-0.2, -0.15) is 0 Å². The van der Waals surface area contributed by atoms with Crippen LogP contribution in [0.1, 0.15) is 26.3 Å². The summed E-state index contributed by atoms with van der Waals surface area (Å²) in [6.07, 6.45) is 0. The number of hydrogen-bond donors (Lipinski definition) is 1. The maximum absolute atomic E-state index is 12.7. The zero-order valence-electron chi connectivity index (χ0n) is 13.4. The van der Waals surface area contributed by atoms with E-state index in [0.717, 1.165) is 5.56 Å². The van der Waals surface area contributed by atoms with Crippen LogP contribution in [-0.2, 0) is 18.4 Å². The number of pyridine rings is 1. The highest BCUT2D eigenvalue weighted by molar-refractivity contribution is 6.12.